The number of hydrogen-bond donors (Lipinski definition) is 2. The summed E-state index contributed by atoms with van der Waals surface area (Å²) >= 11 is 5.93. The summed E-state index contributed by atoms with van der Waals surface area (Å²) < 4.78 is 0. The van der Waals surface area contributed by atoms with E-state index < -0.39 is 0 Å². The lowest BCUT2D eigenvalue weighted by Gasteiger charge is -2.18. The Hall–Kier alpha value is -1.48. The predicted molar refractivity (Wildman–Crippen MR) is 71.9 cm³/mol. The third-order valence-electron chi connectivity index (χ3n) is 3.12. The van der Waals surface area contributed by atoms with E-state index in [1.165, 1.54) is 18.2 Å². The highest BCUT2D eigenvalue weighted by Gasteiger charge is 2.14. The molecule has 1 aliphatic carbocycles. The van der Waals surface area contributed by atoms with Crippen molar-refractivity contribution in [2.45, 2.75) is 19.3 Å². The fourth-order valence-electron chi connectivity index (χ4n) is 2.06. The molecule has 1 atom stereocenters. The maximum absolute atomic E-state index is 11.9. The first kappa shape index (κ1) is 13.0. The minimum atomic E-state index is -0.231. The predicted octanol–water partition coefficient (Wildman–Crippen LogP) is 3.13. The second-order valence-corrected chi connectivity index (χ2v) is 4.93. The Morgan fingerprint density at radius 2 is 2.28 bits per heavy atom. The van der Waals surface area contributed by atoms with Gasteiger partial charge in [0.15, 0.2) is 0 Å². The van der Waals surface area contributed by atoms with Crippen molar-refractivity contribution in [2.75, 3.05) is 6.54 Å². The van der Waals surface area contributed by atoms with Crippen LogP contribution in [0, 0.1) is 5.92 Å². The molecule has 0 fully saturated rings. The van der Waals surface area contributed by atoms with E-state index in [9.17, 15) is 9.90 Å². The van der Waals surface area contributed by atoms with Crippen LogP contribution >= 0.6 is 11.6 Å². The largest absolute Gasteiger partial charge is 0.508 e. The summed E-state index contributed by atoms with van der Waals surface area (Å²) in [5, 5.41) is 12.6. The number of carbonyl (C=O) groups is 1. The van der Waals surface area contributed by atoms with Crippen LogP contribution in [0.5, 0.6) is 5.75 Å². The highest BCUT2D eigenvalue weighted by Crippen LogP contribution is 2.21. The molecule has 1 aromatic carbocycles. The lowest BCUT2D eigenvalue weighted by atomic mass is 9.94. The third kappa shape index (κ3) is 3.26. The van der Waals surface area contributed by atoms with Crippen molar-refractivity contribution in [1.29, 1.82) is 0 Å². The molecule has 18 heavy (non-hydrogen) atoms. The molecule has 0 saturated carbocycles. The molecule has 1 aliphatic rings. The van der Waals surface area contributed by atoms with E-state index in [1.54, 1.807) is 0 Å². The molecule has 0 saturated heterocycles. The standard InChI is InChI=1S/C14H16ClNO2/c15-13-7-6-11(17)8-12(13)14(18)16-9-10-4-2-1-3-5-10/h1-2,6-8,10,17H,3-5,9H2,(H,16,18). The van der Waals surface area contributed by atoms with E-state index in [4.69, 9.17) is 11.6 Å². The summed E-state index contributed by atoms with van der Waals surface area (Å²) in [5.41, 5.74) is 0.322. The smallest absolute Gasteiger partial charge is 0.252 e. The molecule has 2 N–H and O–H groups in total. The van der Waals surface area contributed by atoms with E-state index in [0.29, 0.717) is 23.0 Å². The number of phenols is 1. The first-order chi connectivity index (χ1) is 8.66. The van der Waals surface area contributed by atoms with Crippen LogP contribution in [0.1, 0.15) is 29.6 Å². The molecule has 4 heteroatoms. The maximum atomic E-state index is 11.9. The van der Waals surface area contributed by atoms with Crippen LogP contribution in [0.2, 0.25) is 5.02 Å². The first-order valence-corrected chi connectivity index (χ1v) is 6.46. The van der Waals surface area contributed by atoms with Gasteiger partial charge in [-0.15, -0.1) is 0 Å². The molecule has 1 unspecified atom stereocenters. The van der Waals surface area contributed by atoms with Gasteiger partial charge >= 0.3 is 0 Å². The van der Waals surface area contributed by atoms with Gasteiger partial charge in [0.25, 0.3) is 5.91 Å². The van der Waals surface area contributed by atoms with E-state index in [0.717, 1.165) is 19.3 Å². The van der Waals surface area contributed by atoms with Crippen molar-refractivity contribution in [3.63, 3.8) is 0 Å². The molecule has 0 radical (unpaired) electrons. The fraction of sp³-hybridized carbons (Fsp3) is 0.357. The summed E-state index contributed by atoms with van der Waals surface area (Å²) in [4.78, 5) is 11.9. The van der Waals surface area contributed by atoms with Gasteiger partial charge in [0, 0.05) is 6.54 Å². The first-order valence-electron chi connectivity index (χ1n) is 6.08. The molecular formula is C14H16ClNO2. The second kappa shape index (κ2) is 5.91. The van der Waals surface area contributed by atoms with Gasteiger partial charge in [-0.3, -0.25) is 4.79 Å². The Balaban J connectivity index is 1.95. The maximum Gasteiger partial charge on any atom is 0.252 e. The van der Waals surface area contributed by atoms with Crippen LogP contribution in [0.25, 0.3) is 0 Å². The lowest BCUT2D eigenvalue weighted by molar-refractivity contribution is 0.0946. The fourth-order valence-corrected chi connectivity index (χ4v) is 2.26. The number of hydrogen-bond acceptors (Lipinski definition) is 2. The van der Waals surface area contributed by atoms with Gasteiger partial charge in [-0.1, -0.05) is 23.8 Å². The van der Waals surface area contributed by atoms with Crippen molar-refractivity contribution in [3.8, 4) is 5.75 Å². The zero-order valence-corrected chi connectivity index (χ0v) is 10.8. The summed E-state index contributed by atoms with van der Waals surface area (Å²) in [6.07, 6.45) is 7.51. The molecule has 96 valence electrons. The highest BCUT2D eigenvalue weighted by molar-refractivity contribution is 6.33. The number of aromatic hydroxyl groups is 1. The number of rotatable bonds is 3. The summed E-state index contributed by atoms with van der Waals surface area (Å²) in [6.45, 7) is 0.648. The number of amides is 1. The zero-order chi connectivity index (χ0) is 13.0. The number of nitrogens with one attached hydrogen (secondary N) is 1. The highest BCUT2D eigenvalue weighted by atomic mass is 35.5. The van der Waals surface area contributed by atoms with Gasteiger partial charge in [0.2, 0.25) is 0 Å². The van der Waals surface area contributed by atoms with Crippen molar-refractivity contribution >= 4 is 17.5 Å². The Kier molecular flexibility index (Phi) is 4.26. The molecule has 0 aliphatic heterocycles. The minimum absolute atomic E-state index is 0.0464. The van der Waals surface area contributed by atoms with E-state index in [-0.39, 0.29) is 11.7 Å². The average molecular weight is 266 g/mol. The molecule has 3 nitrogen and oxygen atoms in total. The number of benzene rings is 1. The topological polar surface area (TPSA) is 49.3 Å². The van der Waals surface area contributed by atoms with E-state index in [1.807, 2.05) is 0 Å². The zero-order valence-electron chi connectivity index (χ0n) is 10.0. The average Bonchev–Trinajstić information content (AvgIpc) is 2.40. The van der Waals surface area contributed by atoms with Crippen molar-refractivity contribution < 1.29 is 9.90 Å². The second-order valence-electron chi connectivity index (χ2n) is 4.52. The third-order valence-corrected chi connectivity index (χ3v) is 3.45. The SMILES string of the molecule is O=C(NCC1CC=CCC1)c1cc(O)ccc1Cl. The molecule has 2 rings (SSSR count). The lowest BCUT2D eigenvalue weighted by Crippen LogP contribution is -2.29. The van der Waals surface area contributed by atoms with Crippen LogP contribution in [0.3, 0.4) is 0 Å². The van der Waals surface area contributed by atoms with Gasteiger partial charge in [-0.25, -0.2) is 0 Å². The number of carbonyl (C=O) groups excluding carboxylic acids is 1. The van der Waals surface area contributed by atoms with Crippen LogP contribution in [0.4, 0.5) is 0 Å². The molecule has 1 amide bonds. The van der Waals surface area contributed by atoms with Gasteiger partial charge in [-0.05, 0) is 43.4 Å². The van der Waals surface area contributed by atoms with E-state index >= 15 is 0 Å². The van der Waals surface area contributed by atoms with Crippen LogP contribution < -0.4 is 5.32 Å². The normalized spacial score (nSPS) is 18.6. The van der Waals surface area contributed by atoms with Gasteiger partial charge in [0.05, 0.1) is 10.6 Å². The quantitative estimate of drug-likeness (QED) is 0.825. The van der Waals surface area contributed by atoms with Crippen molar-refractivity contribution in [2.24, 2.45) is 5.92 Å². The van der Waals surface area contributed by atoms with Crippen LogP contribution in [-0.2, 0) is 0 Å². The molecule has 0 heterocycles. The molecule has 1 aromatic rings. The summed E-state index contributed by atoms with van der Waals surface area (Å²) in [5.74, 6) is 0.311. The van der Waals surface area contributed by atoms with Crippen LogP contribution in [0.15, 0.2) is 30.4 Å². The van der Waals surface area contributed by atoms with Gasteiger partial charge < -0.3 is 10.4 Å². The molecule has 0 aromatic heterocycles. The number of phenolic OH excluding ortho intramolecular Hbond substituents is 1. The van der Waals surface area contributed by atoms with Gasteiger partial charge in [0.1, 0.15) is 5.75 Å². The Labute approximate surface area is 111 Å². The molecular weight excluding hydrogens is 250 g/mol. The summed E-state index contributed by atoms with van der Waals surface area (Å²) in [7, 11) is 0. The van der Waals surface area contributed by atoms with Crippen LogP contribution in [-0.4, -0.2) is 17.6 Å². The molecule has 0 spiro atoms. The number of halogens is 1. The Morgan fingerprint density at radius 1 is 1.44 bits per heavy atom. The summed E-state index contributed by atoms with van der Waals surface area (Å²) in [6, 6.07) is 4.37. The minimum Gasteiger partial charge on any atom is -0.508 e. The molecule has 0 bridgehead atoms. The monoisotopic (exact) mass is 265 g/mol. The van der Waals surface area contributed by atoms with Crippen molar-refractivity contribution in [3.05, 3.63) is 40.9 Å². The Morgan fingerprint density at radius 3 is 3.00 bits per heavy atom. The Bertz CT molecular complexity index is 471. The number of allylic oxidation sites excluding steroid dienone is 2. The van der Waals surface area contributed by atoms with Crippen molar-refractivity contribution in [1.82, 2.24) is 5.32 Å². The van der Waals surface area contributed by atoms with E-state index in [2.05, 4.69) is 17.5 Å². The van der Waals surface area contributed by atoms with Gasteiger partial charge in [-0.2, -0.15) is 0 Å².